The predicted octanol–water partition coefficient (Wildman–Crippen LogP) is 1.95. The third-order valence-corrected chi connectivity index (χ3v) is 3.54. The highest BCUT2D eigenvalue weighted by Gasteiger charge is 2.11. The molecule has 0 unspecified atom stereocenters. The van der Waals surface area contributed by atoms with Gasteiger partial charge in [0.25, 0.3) is 0 Å². The molecule has 25 heavy (non-hydrogen) atoms. The van der Waals surface area contributed by atoms with Crippen LogP contribution >= 0.6 is 24.0 Å². The number of hydrogen-bond acceptors (Lipinski definition) is 5. The smallest absolute Gasteiger partial charge is 0.191 e. The first-order valence-electron chi connectivity index (χ1n) is 7.53. The van der Waals surface area contributed by atoms with Crippen LogP contribution in [-0.2, 0) is 20.1 Å². The Morgan fingerprint density at radius 1 is 1.20 bits per heavy atom. The van der Waals surface area contributed by atoms with Crippen LogP contribution in [0.3, 0.4) is 0 Å². The molecule has 3 rings (SSSR count). The Kier molecular flexibility index (Phi) is 6.92. The quantitative estimate of drug-likeness (QED) is 0.349. The molecule has 0 aliphatic carbocycles. The Bertz CT molecular complexity index is 813. The molecule has 2 heterocycles. The van der Waals surface area contributed by atoms with Gasteiger partial charge in [0.15, 0.2) is 23.9 Å². The summed E-state index contributed by atoms with van der Waals surface area (Å²) < 4.78 is 7.37. The van der Waals surface area contributed by atoms with Crippen LogP contribution in [-0.4, -0.2) is 32.8 Å². The van der Waals surface area contributed by atoms with Gasteiger partial charge in [0.1, 0.15) is 12.0 Å². The predicted molar refractivity (Wildman–Crippen MR) is 105 cm³/mol. The van der Waals surface area contributed by atoms with Crippen molar-refractivity contribution >= 4 is 29.9 Å². The Labute approximate surface area is 162 Å². The van der Waals surface area contributed by atoms with E-state index in [0.29, 0.717) is 19.0 Å². The van der Waals surface area contributed by atoms with Gasteiger partial charge in [-0.25, -0.2) is 4.98 Å². The maximum Gasteiger partial charge on any atom is 0.191 e. The van der Waals surface area contributed by atoms with Gasteiger partial charge in [-0.15, -0.1) is 34.2 Å². The Morgan fingerprint density at radius 2 is 1.96 bits per heavy atom. The summed E-state index contributed by atoms with van der Waals surface area (Å²) in [5.74, 6) is 2.23. The van der Waals surface area contributed by atoms with Crippen LogP contribution in [0.4, 0.5) is 0 Å². The van der Waals surface area contributed by atoms with E-state index in [1.807, 2.05) is 41.9 Å². The molecule has 0 fully saturated rings. The third kappa shape index (κ3) is 4.78. The molecule has 0 aliphatic rings. The van der Waals surface area contributed by atoms with Gasteiger partial charge in [0.2, 0.25) is 0 Å². The lowest BCUT2D eigenvalue weighted by Gasteiger charge is -2.11. The van der Waals surface area contributed by atoms with Gasteiger partial charge in [-0.2, -0.15) is 0 Å². The fourth-order valence-electron chi connectivity index (χ4n) is 2.24. The highest BCUT2D eigenvalue weighted by atomic mass is 127. The van der Waals surface area contributed by atoms with Crippen molar-refractivity contribution in [3.8, 4) is 11.3 Å². The zero-order valence-electron chi connectivity index (χ0n) is 14.0. The standard InChI is InChI=1S/C16H19N7O.HI/c1-17-16(19-9-14-22-21-10-23(14)2)18-8-13-15(24-11-20-13)12-6-4-3-5-7-12;/h3-7,10-11H,8-9H2,1-2H3,(H2,17,18,19);1H. The van der Waals surface area contributed by atoms with Crippen LogP contribution < -0.4 is 10.6 Å². The maximum atomic E-state index is 5.52. The second kappa shape index (κ2) is 9.16. The fourth-order valence-corrected chi connectivity index (χ4v) is 2.24. The average Bonchev–Trinajstić information content (AvgIpc) is 3.25. The summed E-state index contributed by atoms with van der Waals surface area (Å²) in [6, 6.07) is 9.89. The fraction of sp³-hybridized carbons (Fsp3) is 0.250. The molecule has 0 amide bonds. The minimum absolute atomic E-state index is 0. The number of hydrogen-bond donors (Lipinski definition) is 2. The number of benzene rings is 1. The number of halogens is 1. The molecular formula is C16H20IN7O. The van der Waals surface area contributed by atoms with Crippen LogP contribution in [0.15, 0.2) is 52.5 Å². The first kappa shape index (κ1) is 18.9. The van der Waals surface area contributed by atoms with Gasteiger partial charge in [-0.05, 0) is 0 Å². The van der Waals surface area contributed by atoms with Gasteiger partial charge in [0.05, 0.1) is 13.1 Å². The molecule has 0 spiro atoms. The van der Waals surface area contributed by atoms with Crippen LogP contribution in [0.1, 0.15) is 11.5 Å². The van der Waals surface area contributed by atoms with E-state index in [1.54, 1.807) is 13.4 Å². The van der Waals surface area contributed by atoms with E-state index >= 15 is 0 Å². The van der Waals surface area contributed by atoms with E-state index in [2.05, 4.69) is 30.8 Å². The lowest BCUT2D eigenvalue weighted by Crippen LogP contribution is -2.37. The van der Waals surface area contributed by atoms with E-state index in [1.165, 1.54) is 6.39 Å². The first-order valence-corrected chi connectivity index (χ1v) is 7.53. The van der Waals surface area contributed by atoms with E-state index in [4.69, 9.17) is 4.42 Å². The van der Waals surface area contributed by atoms with Crippen LogP contribution in [0, 0.1) is 0 Å². The Morgan fingerprint density at radius 3 is 2.64 bits per heavy atom. The van der Waals surface area contributed by atoms with E-state index < -0.39 is 0 Å². The first-order chi connectivity index (χ1) is 11.8. The monoisotopic (exact) mass is 453 g/mol. The molecule has 0 saturated heterocycles. The summed E-state index contributed by atoms with van der Waals surface area (Å²) in [7, 11) is 3.61. The number of aliphatic imine (C=N–C) groups is 1. The normalized spacial score (nSPS) is 11.0. The molecule has 132 valence electrons. The number of aromatic nitrogens is 4. The molecule has 1 aromatic carbocycles. The SMILES string of the molecule is CN=C(NCc1ncoc1-c1ccccc1)NCc1nncn1C.I. The van der Waals surface area contributed by atoms with Gasteiger partial charge in [-0.1, -0.05) is 30.3 Å². The number of nitrogens with one attached hydrogen (secondary N) is 2. The largest absolute Gasteiger partial charge is 0.443 e. The number of guanidine groups is 1. The van der Waals surface area contributed by atoms with Crippen molar-refractivity contribution in [2.75, 3.05) is 7.05 Å². The highest BCUT2D eigenvalue weighted by Crippen LogP contribution is 2.22. The zero-order chi connectivity index (χ0) is 16.8. The van der Waals surface area contributed by atoms with E-state index in [9.17, 15) is 0 Å². The van der Waals surface area contributed by atoms with Crippen LogP contribution in [0.2, 0.25) is 0 Å². The summed E-state index contributed by atoms with van der Waals surface area (Å²) in [6.45, 7) is 1.03. The molecule has 0 bridgehead atoms. The van der Waals surface area contributed by atoms with Crippen LogP contribution in [0.25, 0.3) is 11.3 Å². The van der Waals surface area contributed by atoms with Crippen molar-refractivity contribution in [3.05, 3.63) is 54.6 Å². The molecule has 8 nitrogen and oxygen atoms in total. The molecule has 0 atom stereocenters. The van der Waals surface area contributed by atoms with E-state index in [0.717, 1.165) is 22.8 Å². The van der Waals surface area contributed by atoms with Crippen molar-refractivity contribution in [3.63, 3.8) is 0 Å². The molecule has 0 radical (unpaired) electrons. The molecule has 2 aromatic heterocycles. The van der Waals surface area contributed by atoms with Gasteiger partial charge in [-0.3, -0.25) is 4.99 Å². The number of aryl methyl sites for hydroxylation is 1. The third-order valence-electron chi connectivity index (χ3n) is 3.54. The minimum atomic E-state index is 0. The number of rotatable bonds is 5. The molecular weight excluding hydrogens is 433 g/mol. The summed E-state index contributed by atoms with van der Waals surface area (Å²) in [5.41, 5.74) is 1.82. The van der Waals surface area contributed by atoms with Crippen LogP contribution in [0.5, 0.6) is 0 Å². The second-order valence-corrected chi connectivity index (χ2v) is 5.13. The van der Waals surface area contributed by atoms with Crippen molar-refractivity contribution in [2.45, 2.75) is 13.1 Å². The van der Waals surface area contributed by atoms with Crippen molar-refractivity contribution < 1.29 is 4.42 Å². The topological polar surface area (TPSA) is 93.2 Å². The number of nitrogens with zero attached hydrogens (tertiary/aromatic N) is 5. The minimum Gasteiger partial charge on any atom is -0.443 e. The van der Waals surface area contributed by atoms with Crippen molar-refractivity contribution in [1.82, 2.24) is 30.4 Å². The van der Waals surface area contributed by atoms with E-state index in [-0.39, 0.29) is 24.0 Å². The Hall–Kier alpha value is -2.43. The lowest BCUT2D eigenvalue weighted by atomic mass is 10.1. The van der Waals surface area contributed by atoms with Gasteiger partial charge in [0, 0.05) is 19.7 Å². The summed E-state index contributed by atoms with van der Waals surface area (Å²) in [4.78, 5) is 8.48. The molecule has 9 heteroatoms. The second-order valence-electron chi connectivity index (χ2n) is 5.13. The Balaban J connectivity index is 0.00000225. The van der Waals surface area contributed by atoms with Crippen molar-refractivity contribution in [2.24, 2.45) is 12.0 Å². The summed E-state index contributed by atoms with van der Waals surface area (Å²) in [5, 5.41) is 14.3. The molecule has 0 saturated carbocycles. The maximum absolute atomic E-state index is 5.52. The summed E-state index contributed by atoms with van der Waals surface area (Å²) >= 11 is 0. The molecule has 2 N–H and O–H groups in total. The van der Waals surface area contributed by atoms with Crippen molar-refractivity contribution in [1.29, 1.82) is 0 Å². The number of oxazole rings is 1. The molecule has 0 aliphatic heterocycles. The highest BCUT2D eigenvalue weighted by molar-refractivity contribution is 14.0. The summed E-state index contributed by atoms with van der Waals surface area (Å²) in [6.07, 6.45) is 3.11. The lowest BCUT2D eigenvalue weighted by molar-refractivity contribution is 0.570. The average molecular weight is 453 g/mol. The molecule has 3 aromatic rings. The van der Waals surface area contributed by atoms with Gasteiger partial charge >= 0.3 is 0 Å². The zero-order valence-corrected chi connectivity index (χ0v) is 16.3. The van der Waals surface area contributed by atoms with Gasteiger partial charge < -0.3 is 19.6 Å².